The smallest absolute Gasteiger partial charge is 0.227 e. The van der Waals surface area contributed by atoms with Gasteiger partial charge in [-0.15, -0.1) is 0 Å². The van der Waals surface area contributed by atoms with Gasteiger partial charge < -0.3 is 10.2 Å². The maximum Gasteiger partial charge on any atom is 0.227 e. The van der Waals surface area contributed by atoms with Crippen LogP contribution in [0.25, 0.3) is 0 Å². The summed E-state index contributed by atoms with van der Waals surface area (Å²) in [6.07, 6.45) is -0.811. The Labute approximate surface area is 84.5 Å². The normalized spacial score (nSPS) is 28.6. The molecule has 2 N–H and O–H groups in total. The Balaban J connectivity index is 3.18. The molecule has 0 heterocycles. The van der Waals surface area contributed by atoms with E-state index in [0.29, 0.717) is 6.08 Å². The molecule has 0 aromatic heterocycles. The predicted molar refractivity (Wildman–Crippen MR) is 47.3 cm³/mol. The first-order chi connectivity index (χ1) is 5.37. The summed E-state index contributed by atoms with van der Waals surface area (Å²) in [4.78, 5) is 21.9. The van der Waals surface area contributed by atoms with Gasteiger partial charge in [0.15, 0.2) is 14.8 Å². The molecule has 0 spiro atoms. The zero-order valence-corrected chi connectivity index (χ0v) is 8.79. The van der Waals surface area contributed by atoms with Crippen LogP contribution in [0.2, 0.25) is 0 Å². The van der Waals surface area contributed by atoms with Crippen LogP contribution in [-0.2, 0) is 9.59 Å². The third-order valence-corrected chi connectivity index (χ3v) is 3.01. The molecule has 0 aromatic rings. The van der Waals surface area contributed by atoms with E-state index in [2.05, 4.69) is 31.9 Å². The van der Waals surface area contributed by atoms with Crippen molar-refractivity contribution in [3.8, 4) is 0 Å². The highest BCUT2D eigenvalue weighted by atomic mass is 79.9. The fraction of sp³-hybridized carbons (Fsp3) is 0.333. The fourth-order valence-corrected chi connectivity index (χ4v) is 1.61. The zero-order valence-electron chi connectivity index (χ0n) is 5.62. The van der Waals surface area contributed by atoms with Gasteiger partial charge in [-0.25, -0.2) is 0 Å². The van der Waals surface area contributed by atoms with Crippen LogP contribution >= 0.6 is 31.9 Å². The molecule has 0 radical (unpaired) electrons. The van der Waals surface area contributed by atoms with Gasteiger partial charge in [-0.1, -0.05) is 31.9 Å². The van der Waals surface area contributed by atoms with E-state index in [1.165, 1.54) is 0 Å². The number of hydrogen-bond donors (Lipinski definition) is 2. The van der Waals surface area contributed by atoms with Gasteiger partial charge in [-0.3, -0.25) is 9.59 Å². The maximum atomic E-state index is 11.1. The van der Waals surface area contributed by atoms with Crippen molar-refractivity contribution < 1.29 is 19.8 Å². The minimum atomic E-state index is -1.59. The number of allylic oxidation sites excluding steroid dienone is 1. The molecule has 4 nitrogen and oxygen atoms in total. The number of carbonyl (C=O) groups is 2. The number of halogens is 2. The molecule has 0 amide bonds. The van der Waals surface area contributed by atoms with E-state index in [1.54, 1.807) is 0 Å². The molecule has 6 heteroatoms. The van der Waals surface area contributed by atoms with Gasteiger partial charge in [0.1, 0.15) is 6.10 Å². The van der Waals surface area contributed by atoms with Crippen molar-refractivity contribution in [1.29, 1.82) is 0 Å². The Morgan fingerprint density at radius 1 is 1.42 bits per heavy atom. The summed E-state index contributed by atoms with van der Waals surface area (Å²) >= 11 is 5.60. The first-order valence-corrected chi connectivity index (χ1v) is 4.51. The summed E-state index contributed by atoms with van der Waals surface area (Å²) in [6.45, 7) is 0. The van der Waals surface area contributed by atoms with Crippen LogP contribution in [0.15, 0.2) is 11.8 Å². The highest BCUT2D eigenvalue weighted by molar-refractivity contribution is 9.26. The van der Waals surface area contributed by atoms with Crippen LogP contribution in [0.3, 0.4) is 0 Å². The SMILES string of the molecule is O=C1C=C(O)C(=O)C(Br)(Br)C1O. The molecule has 1 aliphatic carbocycles. The van der Waals surface area contributed by atoms with Crippen molar-refractivity contribution >= 4 is 43.4 Å². The molecule has 1 aliphatic rings. The summed E-state index contributed by atoms with van der Waals surface area (Å²) in [5.41, 5.74) is 0. The maximum absolute atomic E-state index is 11.1. The van der Waals surface area contributed by atoms with E-state index >= 15 is 0 Å². The summed E-state index contributed by atoms with van der Waals surface area (Å²) in [6, 6.07) is 0. The molecule has 1 rings (SSSR count). The number of rotatable bonds is 0. The largest absolute Gasteiger partial charge is 0.504 e. The molecule has 0 saturated carbocycles. The number of aliphatic hydroxyl groups excluding tert-OH is 2. The van der Waals surface area contributed by atoms with Crippen molar-refractivity contribution in [3.05, 3.63) is 11.8 Å². The second kappa shape index (κ2) is 2.93. The fourth-order valence-electron chi connectivity index (χ4n) is 0.753. The lowest BCUT2D eigenvalue weighted by Gasteiger charge is -2.25. The second-order valence-corrected chi connectivity index (χ2v) is 5.85. The van der Waals surface area contributed by atoms with Crippen molar-refractivity contribution in [2.45, 2.75) is 9.34 Å². The van der Waals surface area contributed by atoms with Crippen LogP contribution in [0, 0.1) is 0 Å². The van der Waals surface area contributed by atoms with E-state index in [-0.39, 0.29) is 0 Å². The van der Waals surface area contributed by atoms with Gasteiger partial charge in [-0.05, 0) is 0 Å². The highest BCUT2D eigenvalue weighted by Crippen LogP contribution is 2.36. The summed E-state index contributed by atoms with van der Waals surface area (Å²) in [5, 5.41) is 18.1. The van der Waals surface area contributed by atoms with Crippen LogP contribution < -0.4 is 0 Å². The van der Waals surface area contributed by atoms with Gasteiger partial charge >= 0.3 is 0 Å². The van der Waals surface area contributed by atoms with Gasteiger partial charge in [0.2, 0.25) is 5.78 Å². The minimum Gasteiger partial charge on any atom is -0.504 e. The Kier molecular flexibility index (Phi) is 2.42. The summed E-state index contributed by atoms with van der Waals surface area (Å²) in [5.74, 6) is -2.16. The van der Waals surface area contributed by atoms with Crippen LogP contribution in [-0.4, -0.2) is 31.1 Å². The standard InChI is InChI=1S/C6H4Br2O4/c7-6(8)4(11)2(9)1-3(10)5(6)12/h1,4,10-11H. The van der Waals surface area contributed by atoms with E-state index < -0.39 is 26.7 Å². The van der Waals surface area contributed by atoms with Crippen molar-refractivity contribution in [2.75, 3.05) is 0 Å². The number of ketones is 2. The Morgan fingerprint density at radius 3 is 2.42 bits per heavy atom. The van der Waals surface area contributed by atoms with Gasteiger partial charge in [-0.2, -0.15) is 0 Å². The third-order valence-electron chi connectivity index (χ3n) is 1.43. The number of aliphatic hydroxyl groups is 2. The quantitative estimate of drug-likeness (QED) is 0.636. The third kappa shape index (κ3) is 1.34. The Morgan fingerprint density at radius 2 is 1.92 bits per heavy atom. The second-order valence-electron chi connectivity index (χ2n) is 2.29. The number of Topliss-reactive ketones (excluding diaryl/α,β-unsaturated/α-hetero) is 1. The molecule has 0 aromatic carbocycles. The van der Waals surface area contributed by atoms with Gasteiger partial charge in [0.05, 0.1) is 0 Å². The first-order valence-electron chi connectivity index (χ1n) is 2.92. The summed E-state index contributed by atoms with van der Waals surface area (Å²) < 4.78 is -1.59. The molecule has 0 fully saturated rings. The lowest BCUT2D eigenvalue weighted by Crippen LogP contribution is -2.47. The Hall–Kier alpha value is -0.200. The topological polar surface area (TPSA) is 74.6 Å². The van der Waals surface area contributed by atoms with E-state index in [9.17, 15) is 14.7 Å². The molecular formula is C6H4Br2O4. The van der Waals surface area contributed by atoms with Crippen molar-refractivity contribution in [1.82, 2.24) is 0 Å². The van der Waals surface area contributed by atoms with Crippen LogP contribution in [0.1, 0.15) is 0 Å². The monoisotopic (exact) mass is 298 g/mol. The molecule has 1 unspecified atom stereocenters. The van der Waals surface area contributed by atoms with Gasteiger partial charge in [0, 0.05) is 6.08 Å². The van der Waals surface area contributed by atoms with Crippen LogP contribution in [0.4, 0.5) is 0 Å². The lowest BCUT2D eigenvalue weighted by molar-refractivity contribution is -0.130. The number of carbonyl (C=O) groups excluding carboxylic acids is 2. The lowest BCUT2D eigenvalue weighted by atomic mass is 10.0. The molecule has 66 valence electrons. The molecule has 0 aliphatic heterocycles. The molecular weight excluding hydrogens is 296 g/mol. The number of hydrogen-bond acceptors (Lipinski definition) is 4. The first kappa shape index (κ1) is 9.88. The zero-order chi connectivity index (χ0) is 9.52. The van der Waals surface area contributed by atoms with E-state index in [1.807, 2.05) is 0 Å². The predicted octanol–water partition coefficient (Wildman–Crippen LogP) is 0.427. The van der Waals surface area contributed by atoms with Crippen LogP contribution in [0.5, 0.6) is 0 Å². The average Bonchev–Trinajstić information content (AvgIpc) is 1.99. The molecule has 1 atom stereocenters. The van der Waals surface area contributed by atoms with Gasteiger partial charge in [0.25, 0.3) is 0 Å². The van der Waals surface area contributed by atoms with E-state index in [0.717, 1.165) is 0 Å². The average molecular weight is 300 g/mol. The minimum absolute atomic E-state index is 0.668. The van der Waals surface area contributed by atoms with Crippen molar-refractivity contribution in [3.63, 3.8) is 0 Å². The molecule has 0 bridgehead atoms. The highest BCUT2D eigenvalue weighted by Gasteiger charge is 2.48. The molecule has 0 saturated heterocycles. The Bertz CT molecular complexity index is 281. The van der Waals surface area contributed by atoms with Crippen molar-refractivity contribution in [2.24, 2.45) is 0 Å². The molecule has 12 heavy (non-hydrogen) atoms. The van der Waals surface area contributed by atoms with E-state index in [4.69, 9.17) is 5.11 Å². The summed E-state index contributed by atoms with van der Waals surface area (Å²) in [7, 11) is 0. The number of alkyl halides is 2.